The molecule has 4 nitrogen and oxygen atoms in total. The smallest absolute Gasteiger partial charge is 0.237 e. The highest BCUT2D eigenvalue weighted by Gasteiger charge is 2.18. The van der Waals surface area contributed by atoms with Gasteiger partial charge >= 0.3 is 0 Å². The second-order valence-electron chi connectivity index (χ2n) is 3.00. The summed E-state index contributed by atoms with van der Waals surface area (Å²) in [4.78, 5) is 4.04. The number of rotatable bonds is 2. The predicted molar refractivity (Wildman–Crippen MR) is 58.9 cm³/mol. The van der Waals surface area contributed by atoms with E-state index in [1.54, 1.807) is 18.3 Å². The van der Waals surface area contributed by atoms with E-state index in [1.165, 1.54) is 0 Å². The van der Waals surface area contributed by atoms with Gasteiger partial charge in [0.1, 0.15) is 6.10 Å². The molecular formula is C9H14N2O2S. The summed E-state index contributed by atoms with van der Waals surface area (Å²) in [6.45, 7) is 1.40. The minimum Gasteiger partial charge on any atom is -0.470 e. The number of nitrogens with zero attached hydrogens (tertiary/aromatic N) is 1. The van der Waals surface area contributed by atoms with Crippen molar-refractivity contribution in [1.82, 2.24) is 4.98 Å². The summed E-state index contributed by atoms with van der Waals surface area (Å²) in [5.74, 6) is 0.512. The van der Waals surface area contributed by atoms with E-state index in [2.05, 4.69) is 4.98 Å². The van der Waals surface area contributed by atoms with Gasteiger partial charge in [-0.2, -0.15) is 13.5 Å². The summed E-state index contributed by atoms with van der Waals surface area (Å²) in [6, 6.07) is 3.56. The molecule has 2 rings (SSSR count). The molecule has 1 aliphatic rings. The number of pyridine rings is 1. The van der Waals surface area contributed by atoms with Crippen LogP contribution in [0.3, 0.4) is 0 Å². The van der Waals surface area contributed by atoms with Crippen LogP contribution in [0.5, 0.6) is 5.88 Å². The fourth-order valence-corrected chi connectivity index (χ4v) is 1.27. The van der Waals surface area contributed by atoms with Gasteiger partial charge in [0.15, 0.2) is 0 Å². The fourth-order valence-electron chi connectivity index (χ4n) is 1.27. The van der Waals surface area contributed by atoms with Crippen molar-refractivity contribution in [2.75, 3.05) is 18.9 Å². The molecule has 1 fully saturated rings. The molecule has 14 heavy (non-hydrogen) atoms. The van der Waals surface area contributed by atoms with Gasteiger partial charge in [-0.25, -0.2) is 4.98 Å². The molecule has 0 saturated carbocycles. The Morgan fingerprint density at radius 2 is 2.43 bits per heavy atom. The van der Waals surface area contributed by atoms with Crippen LogP contribution >= 0.6 is 13.5 Å². The maximum Gasteiger partial charge on any atom is 0.237 e. The molecule has 1 aliphatic heterocycles. The maximum atomic E-state index is 5.67. The van der Waals surface area contributed by atoms with E-state index < -0.39 is 0 Å². The molecule has 2 N–H and O–H groups in total. The summed E-state index contributed by atoms with van der Waals surface area (Å²) < 4.78 is 10.7. The number of anilines is 1. The number of hydrogen-bond donors (Lipinski definition) is 1. The zero-order valence-electron chi connectivity index (χ0n) is 7.77. The van der Waals surface area contributed by atoms with Gasteiger partial charge in [0.2, 0.25) is 5.88 Å². The first-order chi connectivity index (χ1) is 6.36. The fraction of sp³-hybridized carbons (Fsp3) is 0.444. The van der Waals surface area contributed by atoms with Gasteiger partial charge in [-0.3, -0.25) is 0 Å². The number of ether oxygens (including phenoxy) is 2. The molecule has 78 valence electrons. The summed E-state index contributed by atoms with van der Waals surface area (Å²) in [5.41, 5.74) is 6.25. The van der Waals surface area contributed by atoms with Crippen LogP contribution in [0.15, 0.2) is 18.3 Å². The van der Waals surface area contributed by atoms with Crippen LogP contribution in [-0.4, -0.2) is 24.3 Å². The molecule has 0 bridgehead atoms. The maximum absolute atomic E-state index is 5.67. The monoisotopic (exact) mass is 214 g/mol. The Kier molecular flexibility index (Phi) is 4.03. The van der Waals surface area contributed by atoms with Gasteiger partial charge in [0.25, 0.3) is 0 Å². The lowest BCUT2D eigenvalue weighted by Gasteiger charge is -2.11. The highest BCUT2D eigenvalue weighted by Crippen LogP contribution is 2.20. The molecule has 1 aromatic rings. The van der Waals surface area contributed by atoms with E-state index in [4.69, 9.17) is 15.2 Å². The van der Waals surface area contributed by atoms with Crippen molar-refractivity contribution < 1.29 is 9.47 Å². The van der Waals surface area contributed by atoms with Crippen molar-refractivity contribution in [3.63, 3.8) is 0 Å². The Hall–Kier alpha value is -0.940. The average molecular weight is 214 g/mol. The third-order valence-corrected chi connectivity index (χ3v) is 1.97. The summed E-state index contributed by atoms with van der Waals surface area (Å²) >= 11 is 0. The summed E-state index contributed by atoms with van der Waals surface area (Å²) in [5, 5.41) is 0. The average Bonchev–Trinajstić information content (AvgIpc) is 2.61. The van der Waals surface area contributed by atoms with Crippen molar-refractivity contribution in [2.24, 2.45) is 0 Å². The normalized spacial score (nSPS) is 20.1. The minimum atomic E-state index is 0. The Balaban J connectivity index is 0.000000980. The minimum absolute atomic E-state index is 0. The van der Waals surface area contributed by atoms with Crippen LogP contribution in [0, 0.1) is 0 Å². The van der Waals surface area contributed by atoms with Crippen molar-refractivity contribution >= 4 is 19.2 Å². The van der Waals surface area contributed by atoms with Gasteiger partial charge in [-0.05, 0) is 12.1 Å². The second kappa shape index (κ2) is 5.07. The second-order valence-corrected chi connectivity index (χ2v) is 3.00. The van der Waals surface area contributed by atoms with E-state index >= 15 is 0 Å². The highest BCUT2D eigenvalue weighted by molar-refractivity contribution is 7.59. The number of nitrogens with two attached hydrogens (primary N) is 1. The third-order valence-electron chi connectivity index (χ3n) is 1.97. The van der Waals surface area contributed by atoms with Crippen LogP contribution in [-0.2, 0) is 4.74 Å². The molecule has 1 aromatic heterocycles. The highest BCUT2D eigenvalue weighted by atomic mass is 32.1. The molecular weight excluding hydrogens is 200 g/mol. The third kappa shape index (κ3) is 2.52. The summed E-state index contributed by atoms with van der Waals surface area (Å²) in [7, 11) is 0. The van der Waals surface area contributed by atoms with Gasteiger partial charge in [0.05, 0.1) is 18.9 Å². The van der Waals surface area contributed by atoms with Crippen molar-refractivity contribution in [2.45, 2.75) is 12.5 Å². The van der Waals surface area contributed by atoms with Crippen LogP contribution in [0.25, 0.3) is 0 Å². The Bertz CT molecular complexity index is 290. The van der Waals surface area contributed by atoms with Crippen molar-refractivity contribution in [3.8, 4) is 5.88 Å². The Morgan fingerprint density at radius 3 is 3.07 bits per heavy atom. The van der Waals surface area contributed by atoms with Gasteiger partial charge in [-0.1, -0.05) is 0 Å². The molecule has 0 spiro atoms. The molecule has 0 aromatic carbocycles. The van der Waals surface area contributed by atoms with E-state index in [-0.39, 0.29) is 19.6 Å². The number of nitrogen functional groups attached to an aromatic ring is 1. The standard InChI is InChI=1S/C9H12N2O2.H2S/c10-8-2-1-4-11-9(8)13-7-3-5-12-6-7;/h1-2,4,7H,3,5-6,10H2;1H2/t7-;/m0./s1. The molecule has 1 atom stereocenters. The van der Waals surface area contributed by atoms with E-state index in [1.807, 2.05) is 0 Å². The SMILES string of the molecule is Nc1cccnc1O[C@H]1CCOC1.S. The number of aromatic nitrogens is 1. The van der Waals surface area contributed by atoms with E-state index in [0.717, 1.165) is 13.0 Å². The van der Waals surface area contributed by atoms with E-state index in [9.17, 15) is 0 Å². The lowest BCUT2D eigenvalue weighted by atomic mass is 10.3. The molecule has 2 heterocycles. The van der Waals surface area contributed by atoms with Gasteiger partial charge < -0.3 is 15.2 Å². The molecule has 5 heteroatoms. The Morgan fingerprint density at radius 1 is 1.57 bits per heavy atom. The quantitative estimate of drug-likeness (QED) is 0.796. The zero-order chi connectivity index (χ0) is 9.10. The van der Waals surface area contributed by atoms with Crippen LogP contribution < -0.4 is 10.5 Å². The molecule has 0 radical (unpaired) electrons. The lowest BCUT2D eigenvalue weighted by Crippen LogP contribution is -2.17. The Labute approximate surface area is 89.9 Å². The lowest BCUT2D eigenvalue weighted by molar-refractivity contribution is 0.138. The van der Waals surface area contributed by atoms with Crippen molar-refractivity contribution in [1.29, 1.82) is 0 Å². The molecule has 0 aliphatic carbocycles. The van der Waals surface area contributed by atoms with Crippen LogP contribution in [0.1, 0.15) is 6.42 Å². The summed E-state index contributed by atoms with van der Waals surface area (Å²) in [6.07, 6.45) is 2.69. The first-order valence-corrected chi connectivity index (χ1v) is 4.31. The first-order valence-electron chi connectivity index (χ1n) is 4.31. The topological polar surface area (TPSA) is 57.4 Å². The first kappa shape index (κ1) is 11.1. The molecule has 1 saturated heterocycles. The molecule has 0 unspecified atom stereocenters. The van der Waals surface area contributed by atoms with Crippen molar-refractivity contribution in [3.05, 3.63) is 18.3 Å². The van der Waals surface area contributed by atoms with E-state index in [0.29, 0.717) is 18.2 Å². The number of hydrogen-bond acceptors (Lipinski definition) is 4. The largest absolute Gasteiger partial charge is 0.470 e. The van der Waals surface area contributed by atoms with Crippen LogP contribution in [0.2, 0.25) is 0 Å². The van der Waals surface area contributed by atoms with Crippen LogP contribution in [0.4, 0.5) is 5.69 Å². The zero-order valence-corrected chi connectivity index (χ0v) is 8.77. The van der Waals surface area contributed by atoms with Gasteiger partial charge in [0, 0.05) is 12.6 Å². The van der Waals surface area contributed by atoms with Gasteiger partial charge in [-0.15, -0.1) is 0 Å². The molecule has 0 amide bonds. The predicted octanol–water partition coefficient (Wildman–Crippen LogP) is 0.944.